The van der Waals surface area contributed by atoms with Crippen LogP contribution in [0.3, 0.4) is 0 Å². The number of hydrogen-bond acceptors (Lipinski definition) is 7. The molecule has 188 valence electrons. The molecule has 0 saturated heterocycles. The molecule has 0 aromatic rings. The standard InChI is InChI=1S/C25H46O7/c1-22(2)14-6-3-7-15-23(27)30-19-11-5-9-17-25(29)32-21-13-12-20-31-24(28)16-8-4-10-18-26/h22,26H,3-21H2,1-2H3. The molecule has 0 aliphatic heterocycles. The molecule has 0 atom stereocenters. The first-order chi connectivity index (χ1) is 15.5. The molecule has 0 aromatic heterocycles. The highest BCUT2D eigenvalue weighted by molar-refractivity contribution is 5.70. The Labute approximate surface area is 194 Å². The third kappa shape index (κ3) is 23.0. The third-order valence-electron chi connectivity index (χ3n) is 5.05. The van der Waals surface area contributed by atoms with E-state index in [-0.39, 0.29) is 24.5 Å². The molecule has 0 unspecified atom stereocenters. The lowest BCUT2D eigenvalue weighted by Gasteiger charge is -2.07. The maximum Gasteiger partial charge on any atom is 0.305 e. The van der Waals surface area contributed by atoms with Crippen LogP contribution < -0.4 is 0 Å². The lowest BCUT2D eigenvalue weighted by atomic mass is 10.0. The highest BCUT2D eigenvalue weighted by Crippen LogP contribution is 2.10. The summed E-state index contributed by atoms with van der Waals surface area (Å²) in [7, 11) is 0. The van der Waals surface area contributed by atoms with Crippen molar-refractivity contribution in [3.05, 3.63) is 0 Å². The fourth-order valence-electron chi connectivity index (χ4n) is 3.08. The Morgan fingerprint density at radius 1 is 0.562 bits per heavy atom. The molecule has 7 nitrogen and oxygen atoms in total. The minimum atomic E-state index is -0.218. The average Bonchev–Trinajstić information content (AvgIpc) is 2.75. The molecule has 0 fully saturated rings. The zero-order valence-corrected chi connectivity index (χ0v) is 20.4. The van der Waals surface area contributed by atoms with Crippen LogP contribution >= 0.6 is 0 Å². The molecule has 32 heavy (non-hydrogen) atoms. The number of hydrogen-bond donors (Lipinski definition) is 1. The van der Waals surface area contributed by atoms with Crippen LogP contribution in [0.1, 0.15) is 110 Å². The molecule has 0 spiro atoms. The quantitative estimate of drug-likeness (QED) is 0.137. The number of unbranched alkanes of at least 4 members (excludes halogenated alkanes) is 7. The van der Waals surface area contributed by atoms with E-state index in [1.54, 1.807) is 0 Å². The third-order valence-corrected chi connectivity index (χ3v) is 5.05. The fraction of sp³-hybridized carbons (Fsp3) is 0.880. The van der Waals surface area contributed by atoms with Gasteiger partial charge in [0.2, 0.25) is 0 Å². The molecule has 0 saturated carbocycles. The van der Waals surface area contributed by atoms with Crippen molar-refractivity contribution in [1.82, 2.24) is 0 Å². The largest absolute Gasteiger partial charge is 0.466 e. The van der Waals surface area contributed by atoms with Gasteiger partial charge in [-0.2, -0.15) is 0 Å². The number of aliphatic hydroxyl groups excluding tert-OH is 1. The van der Waals surface area contributed by atoms with Crippen molar-refractivity contribution in [3.8, 4) is 0 Å². The molecule has 0 bridgehead atoms. The predicted octanol–water partition coefficient (Wildman–Crippen LogP) is 5.12. The summed E-state index contributed by atoms with van der Waals surface area (Å²) < 4.78 is 15.5. The second-order valence-electron chi connectivity index (χ2n) is 8.71. The number of ether oxygens (including phenoxy) is 3. The van der Waals surface area contributed by atoms with Crippen LogP contribution in [0.25, 0.3) is 0 Å². The van der Waals surface area contributed by atoms with Gasteiger partial charge in [0.15, 0.2) is 0 Å². The van der Waals surface area contributed by atoms with Gasteiger partial charge in [0.25, 0.3) is 0 Å². The lowest BCUT2D eigenvalue weighted by Crippen LogP contribution is -2.09. The maximum absolute atomic E-state index is 11.7. The summed E-state index contributed by atoms with van der Waals surface area (Å²) in [4.78, 5) is 34.8. The highest BCUT2D eigenvalue weighted by Gasteiger charge is 2.06. The van der Waals surface area contributed by atoms with Crippen molar-refractivity contribution < 1.29 is 33.7 Å². The minimum absolute atomic E-state index is 0.124. The van der Waals surface area contributed by atoms with E-state index >= 15 is 0 Å². The normalized spacial score (nSPS) is 10.9. The monoisotopic (exact) mass is 458 g/mol. The van der Waals surface area contributed by atoms with Gasteiger partial charge in [0, 0.05) is 25.9 Å². The van der Waals surface area contributed by atoms with Gasteiger partial charge in [-0.15, -0.1) is 0 Å². The molecule has 0 aliphatic carbocycles. The number of rotatable bonds is 22. The first kappa shape index (κ1) is 30.4. The van der Waals surface area contributed by atoms with E-state index in [0.29, 0.717) is 58.3 Å². The molecule has 0 radical (unpaired) electrons. The molecule has 0 aromatic carbocycles. The molecule has 0 rings (SSSR count). The molecular formula is C25H46O7. The van der Waals surface area contributed by atoms with Crippen LogP contribution in [0.5, 0.6) is 0 Å². The van der Waals surface area contributed by atoms with E-state index in [1.807, 2.05) is 0 Å². The van der Waals surface area contributed by atoms with E-state index < -0.39 is 0 Å². The van der Waals surface area contributed by atoms with Gasteiger partial charge in [-0.05, 0) is 57.3 Å². The van der Waals surface area contributed by atoms with Gasteiger partial charge < -0.3 is 19.3 Å². The van der Waals surface area contributed by atoms with E-state index in [1.165, 1.54) is 12.8 Å². The Balaban J connectivity index is 3.38. The smallest absolute Gasteiger partial charge is 0.305 e. The van der Waals surface area contributed by atoms with E-state index in [0.717, 1.165) is 50.9 Å². The van der Waals surface area contributed by atoms with Crippen LogP contribution in [-0.2, 0) is 28.6 Å². The fourth-order valence-corrected chi connectivity index (χ4v) is 3.08. The van der Waals surface area contributed by atoms with Crippen LogP contribution in [0.15, 0.2) is 0 Å². The SMILES string of the molecule is CC(C)CCCCCC(=O)OCCCCCC(=O)OCCCCOC(=O)CCCCCO. The molecule has 1 N–H and O–H groups in total. The van der Waals surface area contributed by atoms with Crippen LogP contribution in [0.4, 0.5) is 0 Å². The Morgan fingerprint density at radius 2 is 0.938 bits per heavy atom. The van der Waals surface area contributed by atoms with Crippen molar-refractivity contribution in [3.63, 3.8) is 0 Å². The zero-order valence-electron chi connectivity index (χ0n) is 20.4. The van der Waals surface area contributed by atoms with Crippen molar-refractivity contribution in [2.75, 3.05) is 26.4 Å². The molecule has 0 amide bonds. The lowest BCUT2D eigenvalue weighted by molar-refractivity contribution is -0.146. The average molecular weight is 459 g/mol. The van der Waals surface area contributed by atoms with Crippen molar-refractivity contribution in [2.24, 2.45) is 5.92 Å². The minimum Gasteiger partial charge on any atom is -0.466 e. The Bertz CT molecular complexity index is 477. The Kier molecular flexibility index (Phi) is 21.4. The second kappa shape index (κ2) is 22.6. The summed E-state index contributed by atoms with van der Waals surface area (Å²) in [5.74, 6) is 0.160. The predicted molar refractivity (Wildman–Crippen MR) is 124 cm³/mol. The summed E-state index contributed by atoms with van der Waals surface area (Å²) in [5.41, 5.74) is 0. The Hall–Kier alpha value is -1.63. The van der Waals surface area contributed by atoms with Gasteiger partial charge in [-0.1, -0.05) is 39.5 Å². The molecule has 0 aliphatic rings. The van der Waals surface area contributed by atoms with Gasteiger partial charge in [0.05, 0.1) is 19.8 Å². The van der Waals surface area contributed by atoms with E-state index in [4.69, 9.17) is 19.3 Å². The zero-order chi connectivity index (χ0) is 23.9. The maximum atomic E-state index is 11.7. The van der Waals surface area contributed by atoms with E-state index in [2.05, 4.69) is 13.8 Å². The highest BCUT2D eigenvalue weighted by atomic mass is 16.5. The van der Waals surface area contributed by atoms with Crippen molar-refractivity contribution in [2.45, 2.75) is 110 Å². The van der Waals surface area contributed by atoms with E-state index in [9.17, 15) is 14.4 Å². The van der Waals surface area contributed by atoms with Crippen molar-refractivity contribution in [1.29, 1.82) is 0 Å². The number of esters is 3. The summed E-state index contributed by atoms with van der Waals surface area (Å²) in [5, 5.41) is 8.67. The van der Waals surface area contributed by atoms with Crippen LogP contribution in [-0.4, -0.2) is 49.4 Å². The topological polar surface area (TPSA) is 99.1 Å². The summed E-state index contributed by atoms with van der Waals surface area (Å²) in [6.07, 6.45) is 11.5. The molecule has 0 heterocycles. The van der Waals surface area contributed by atoms with Crippen LogP contribution in [0, 0.1) is 5.92 Å². The molecular weight excluding hydrogens is 412 g/mol. The number of aliphatic hydroxyl groups is 1. The van der Waals surface area contributed by atoms with Gasteiger partial charge >= 0.3 is 17.9 Å². The van der Waals surface area contributed by atoms with Gasteiger partial charge in [-0.3, -0.25) is 14.4 Å². The Morgan fingerprint density at radius 3 is 1.34 bits per heavy atom. The first-order valence-corrected chi connectivity index (χ1v) is 12.5. The van der Waals surface area contributed by atoms with Gasteiger partial charge in [-0.25, -0.2) is 0 Å². The second-order valence-corrected chi connectivity index (χ2v) is 8.71. The number of carbonyl (C=O) groups is 3. The summed E-state index contributed by atoms with van der Waals surface area (Å²) in [6, 6.07) is 0. The number of carbonyl (C=O) groups excluding carboxylic acids is 3. The van der Waals surface area contributed by atoms with Crippen molar-refractivity contribution >= 4 is 17.9 Å². The summed E-state index contributed by atoms with van der Waals surface area (Å²) in [6.45, 7) is 5.67. The molecule has 7 heteroatoms. The summed E-state index contributed by atoms with van der Waals surface area (Å²) >= 11 is 0. The van der Waals surface area contributed by atoms with Gasteiger partial charge in [0.1, 0.15) is 0 Å². The van der Waals surface area contributed by atoms with Crippen LogP contribution in [0.2, 0.25) is 0 Å². The first-order valence-electron chi connectivity index (χ1n) is 12.5.